The fourth-order valence-electron chi connectivity index (χ4n) is 2.94. The van der Waals surface area contributed by atoms with E-state index in [1.807, 2.05) is 0 Å². The maximum Gasteiger partial charge on any atom is 0.275 e. The summed E-state index contributed by atoms with van der Waals surface area (Å²) < 4.78 is 30.7. The molecule has 1 aliphatic carbocycles. The highest BCUT2D eigenvalue weighted by atomic mass is 32.2. The van der Waals surface area contributed by atoms with E-state index in [1.54, 1.807) is 12.1 Å². The normalized spacial score (nSPS) is 23.9. The van der Waals surface area contributed by atoms with Gasteiger partial charge in [0.1, 0.15) is 5.76 Å². The Bertz CT molecular complexity index is 565. The molecule has 1 heterocycles. The van der Waals surface area contributed by atoms with Crippen LogP contribution in [0.15, 0.2) is 21.6 Å². The Labute approximate surface area is 128 Å². The molecule has 1 fully saturated rings. The van der Waals surface area contributed by atoms with Crippen LogP contribution in [0.4, 0.5) is 0 Å². The molecule has 1 aromatic rings. The topological polar surface area (TPSA) is 53.8 Å². The van der Waals surface area contributed by atoms with Crippen LogP contribution >= 0.6 is 0 Å². The van der Waals surface area contributed by atoms with Crippen molar-refractivity contribution < 1.29 is 12.8 Å². The van der Waals surface area contributed by atoms with Crippen LogP contribution in [0.1, 0.15) is 38.4 Å². The summed E-state index contributed by atoms with van der Waals surface area (Å²) in [6.45, 7) is 2.95. The van der Waals surface area contributed by atoms with Crippen LogP contribution in [-0.4, -0.2) is 44.8 Å². The number of hydrogen-bond donors (Lipinski definition) is 0. The summed E-state index contributed by atoms with van der Waals surface area (Å²) in [7, 11) is 1.63. The van der Waals surface area contributed by atoms with Gasteiger partial charge in [0.2, 0.25) is 5.09 Å². The number of furan rings is 1. The lowest BCUT2D eigenvalue weighted by Gasteiger charge is -2.33. The SMILES string of the molecule is CC1CCCC(N(C)Cc2ccc(S(=O)(=O)N(C)C)o2)C1. The molecule has 0 aliphatic heterocycles. The summed E-state index contributed by atoms with van der Waals surface area (Å²) >= 11 is 0. The van der Waals surface area contributed by atoms with Crippen molar-refractivity contribution in [2.45, 2.75) is 50.3 Å². The maximum absolute atomic E-state index is 12.0. The van der Waals surface area contributed by atoms with Crippen molar-refractivity contribution >= 4 is 10.0 Å². The second-order valence-electron chi connectivity index (χ2n) is 6.35. The Kier molecular flexibility index (Phi) is 5.11. The lowest BCUT2D eigenvalue weighted by molar-refractivity contribution is 0.146. The Balaban J connectivity index is 2.02. The summed E-state index contributed by atoms with van der Waals surface area (Å²) in [6, 6.07) is 3.87. The predicted octanol–water partition coefficient (Wildman–Crippen LogP) is 2.54. The van der Waals surface area contributed by atoms with E-state index in [9.17, 15) is 8.42 Å². The Morgan fingerprint density at radius 3 is 2.57 bits per heavy atom. The van der Waals surface area contributed by atoms with Gasteiger partial charge in [-0.05, 0) is 37.9 Å². The van der Waals surface area contributed by atoms with E-state index in [2.05, 4.69) is 18.9 Å². The van der Waals surface area contributed by atoms with Gasteiger partial charge in [0, 0.05) is 20.1 Å². The fraction of sp³-hybridized carbons (Fsp3) is 0.733. The molecule has 0 amide bonds. The van der Waals surface area contributed by atoms with Gasteiger partial charge in [-0.25, -0.2) is 12.7 Å². The third-order valence-electron chi connectivity index (χ3n) is 4.31. The van der Waals surface area contributed by atoms with Crippen molar-refractivity contribution in [3.05, 3.63) is 17.9 Å². The average molecular weight is 314 g/mol. The summed E-state index contributed by atoms with van der Waals surface area (Å²) in [5, 5.41) is 0.0212. The van der Waals surface area contributed by atoms with Gasteiger partial charge in [0.15, 0.2) is 0 Å². The van der Waals surface area contributed by atoms with Crippen LogP contribution in [0, 0.1) is 5.92 Å². The standard InChI is InChI=1S/C15H26N2O3S/c1-12-6-5-7-13(10-12)17(4)11-14-8-9-15(20-14)21(18,19)16(2)3/h8-9,12-13H,5-7,10-11H2,1-4H3. The summed E-state index contributed by atoms with van der Waals surface area (Å²) in [4.78, 5) is 2.28. The van der Waals surface area contributed by atoms with Crippen molar-refractivity contribution in [1.82, 2.24) is 9.21 Å². The van der Waals surface area contributed by atoms with Gasteiger partial charge in [-0.3, -0.25) is 4.90 Å². The van der Waals surface area contributed by atoms with Gasteiger partial charge in [0.05, 0.1) is 6.54 Å². The molecular formula is C15H26N2O3S. The van der Waals surface area contributed by atoms with Crippen LogP contribution in [0.2, 0.25) is 0 Å². The van der Waals surface area contributed by atoms with Crippen molar-refractivity contribution in [3.8, 4) is 0 Å². The maximum atomic E-state index is 12.0. The smallest absolute Gasteiger partial charge is 0.275 e. The van der Waals surface area contributed by atoms with Crippen molar-refractivity contribution in [1.29, 1.82) is 0 Å². The lowest BCUT2D eigenvalue weighted by Crippen LogP contribution is -2.34. The molecule has 2 rings (SSSR count). The molecule has 1 aliphatic rings. The molecule has 0 bridgehead atoms. The molecule has 2 atom stereocenters. The van der Waals surface area contributed by atoms with Gasteiger partial charge in [-0.15, -0.1) is 0 Å². The second kappa shape index (κ2) is 6.50. The molecule has 0 saturated heterocycles. The molecule has 0 spiro atoms. The largest absolute Gasteiger partial charge is 0.447 e. The summed E-state index contributed by atoms with van der Waals surface area (Å²) in [6.07, 6.45) is 5.01. The first-order chi connectivity index (χ1) is 9.80. The van der Waals surface area contributed by atoms with Crippen molar-refractivity contribution in [2.24, 2.45) is 5.92 Å². The van der Waals surface area contributed by atoms with E-state index in [1.165, 1.54) is 44.1 Å². The Morgan fingerprint density at radius 1 is 1.24 bits per heavy atom. The van der Waals surface area contributed by atoms with Crippen LogP contribution in [-0.2, 0) is 16.6 Å². The molecule has 0 radical (unpaired) electrons. The van der Waals surface area contributed by atoms with E-state index < -0.39 is 10.0 Å². The first kappa shape index (κ1) is 16.5. The predicted molar refractivity (Wildman–Crippen MR) is 82.5 cm³/mol. The third kappa shape index (κ3) is 3.87. The quantitative estimate of drug-likeness (QED) is 0.838. The number of sulfonamides is 1. The molecular weight excluding hydrogens is 288 g/mol. The minimum absolute atomic E-state index is 0.0212. The minimum Gasteiger partial charge on any atom is -0.447 e. The van der Waals surface area contributed by atoms with Crippen molar-refractivity contribution in [2.75, 3.05) is 21.1 Å². The molecule has 6 heteroatoms. The Morgan fingerprint density at radius 2 is 1.95 bits per heavy atom. The van der Waals surface area contributed by atoms with Gasteiger partial charge in [-0.2, -0.15) is 0 Å². The van der Waals surface area contributed by atoms with Crippen LogP contribution in [0.3, 0.4) is 0 Å². The number of hydrogen-bond acceptors (Lipinski definition) is 4. The molecule has 120 valence electrons. The minimum atomic E-state index is -3.48. The van der Waals surface area contributed by atoms with Gasteiger partial charge in [0.25, 0.3) is 10.0 Å². The summed E-state index contributed by atoms with van der Waals surface area (Å²) in [5.41, 5.74) is 0. The number of rotatable bonds is 5. The number of nitrogens with zero attached hydrogens (tertiary/aromatic N) is 2. The summed E-state index contributed by atoms with van der Waals surface area (Å²) in [5.74, 6) is 1.48. The molecule has 1 saturated carbocycles. The molecule has 0 N–H and O–H groups in total. The molecule has 0 aromatic carbocycles. The molecule has 21 heavy (non-hydrogen) atoms. The lowest BCUT2D eigenvalue weighted by atomic mass is 9.86. The van der Waals surface area contributed by atoms with Gasteiger partial charge < -0.3 is 4.42 Å². The van der Waals surface area contributed by atoms with Gasteiger partial charge >= 0.3 is 0 Å². The zero-order chi connectivity index (χ0) is 15.6. The van der Waals surface area contributed by atoms with Crippen LogP contribution < -0.4 is 0 Å². The Hall–Kier alpha value is -0.850. The zero-order valence-corrected chi connectivity index (χ0v) is 14.2. The first-order valence-electron chi connectivity index (χ1n) is 7.52. The van der Waals surface area contributed by atoms with E-state index in [-0.39, 0.29) is 5.09 Å². The van der Waals surface area contributed by atoms with E-state index >= 15 is 0 Å². The highest BCUT2D eigenvalue weighted by Gasteiger charge is 2.25. The monoisotopic (exact) mass is 314 g/mol. The molecule has 5 nitrogen and oxygen atoms in total. The average Bonchev–Trinajstić information content (AvgIpc) is 2.87. The highest BCUT2D eigenvalue weighted by molar-refractivity contribution is 7.88. The fourth-order valence-corrected chi connectivity index (χ4v) is 3.75. The first-order valence-corrected chi connectivity index (χ1v) is 8.96. The third-order valence-corrected chi connectivity index (χ3v) is 6.00. The van der Waals surface area contributed by atoms with E-state index in [0.29, 0.717) is 18.3 Å². The second-order valence-corrected chi connectivity index (χ2v) is 8.43. The molecule has 1 aromatic heterocycles. The van der Waals surface area contributed by atoms with E-state index in [0.717, 1.165) is 5.92 Å². The van der Waals surface area contributed by atoms with Crippen LogP contribution in [0.25, 0.3) is 0 Å². The van der Waals surface area contributed by atoms with Gasteiger partial charge in [-0.1, -0.05) is 19.8 Å². The van der Waals surface area contributed by atoms with E-state index in [4.69, 9.17) is 4.42 Å². The zero-order valence-electron chi connectivity index (χ0n) is 13.4. The molecule has 2 unspecified atom stereocenters. The highest BCUT2D eigenvalue weighted by Crippen LogP contribution is 2.28. The van der Waals surface area contributed by atoms with Crippen molar-refractivity contribution in [3.63, 3.8) is 0 Å². The van der Waals surface area contributed by atoms with Crippen LogP contribution in [0.5, 0.6) is 0 Å².